The molecule has 4 bridgehead atoms. The molecule has 68 heavy (non-hydrogen) atoms. The van der Waals surface area contributed by atoms with Crippen LogP contribution in [0.25, 0.3) is 0 Å². The first-order valence-corrected chi connectivity index (χ1v) is 22.2. The van der Waals surface area contributed by atoms with Crippen LogP contribution in [0.2, 0.25) is 0 Å². The second-order valence-corrected chi connectivity index (χ2v) is 18.8. The zero-order valence-corrected chi connectivity index (χ0v) is 38.8. The maximum absolute atomic E-state index is 14.0. The third kappa shape index (κ3) is 13.2. The van der Waals surface area contributed by atoms with Gasteiger partial charge in [0.2, 0.25) is 0 Å². The molecular weight excluding hydrogens is 924 g/mol. The van der Waals surface area contributed by atoms with Crippen molar-refractivity contribution >= 4 is 48.0 Å². The third-order valence-electron chi connectivity index (χ3n) is 11.3. The molecule has 6 heterocycles. The molecular formula is C40H60F4N8O16. The van der Waals surface area contributed by atoms with Crippen LogP contribution >= 0.6 is 0 Å². The summed E-state index contributed by atoms with van der Waals surface area (Å²) in [5.74, 6) is -5.71. The number of hydrogen-bond donors (Lipinski definition) is 3. The molecule has 0 unspecified atom stereocenters. The standard InChI is InChI=1S/C21H32F2N4O8.C19H28F2N4O8/c1-5-32-17(29)21(22,23)35-27-13-8-9-15(26(11-13)18(27)30)16(28)24-33-12-14-7-6-10-25(14)19(31)34-20(2,3)4;1-18(2,3)32-17(30)23-8-4-5-12(23)10-31-22-14(26)13-7-6-11-9-24(13)16(29)25(11)33-19(20,21)15(27)28/h13-15H,5-12H2,1-4H3,(H,24,28);11-13H,4-10H2,1-3H3,(H,22,26)(H,27,28)/t13-,14+,15+;11-,12+,13+/m11/s1. The van der Waals surface area contributed by atoms with E-state index in [1.807, 2.05) is 0 Å². The van der Waals surface area contributed by atoms with Crippen molar-refractivity contribution in [1.29, 1.82) is 0 Å². The van der Waals surface area contributed by atoms with Gasteiger partial charge in [0.1, 0.15) is 23.3 Å². The highest BCUT2D eigenvalue weighted by Gasteiger charge is 2.55. The van der Waals surface area contributed by atoms with Crippen molar-refractivity contribution < 1.29 is 94.6 Å². The van der Waals surface area contributed by atoms with Gasteiger partial charge in [0.05, 0.1) is 44.0 Å². The Bertz CT molecular complexity index is 1910. The highest BCUT2D eigenvalue weighted by Crippen LogP contribution is 2.35. The van der Waals surface area contributed by atoms with Gasteiger partial charge in [-0.1, -0.05) is 0 Å². The van der Waals surface area contributed by atoms with Gasteiger partial charge in [-0.25, -0.2) is 39.7 Å². The van der Waals surface area contributed by atoms with Gasteiger partial charge in [-0.3, -0.25) is 19.3 Å². The van der Waals surface area contributed by atoms with Gasteiger partial charge in [-0.2, -0.15) is 37.4 Å². The van der Waals surface area contributed by atoms with Crippen LogP contribution in [0.1, 0.15) is 99.8 Å². The van der Waals surface area contributed by atoms with Crippen LogP contribution in [0.5, 0.6) is 0 Å². The first-order valence-electron chi connectivity index (χ1n) is 22.2. The molecule has 3 N–H and O–H groups in total. The maximum Gasteiger partial charge on any atom is 0.477 e. The summed E-state index contributed by atoms with van der Waals surface area (Å²) >= 11 is 0. The number of piperidine rings is 2. The molecule has 6 rings (SSSR count). The van der Waals surface area contributed by atoms with Gasteiger partial charge in [-0.05, 0) is 99.8 Å². The van der Waals surface area contributed by atoms with E-state index in [9.17, 15) is 55.9 Å². The number of halogens is 4. The van der Waals surface area contributed by atoms with Crippen molar-refractivity contribution in [3.8, 4) is 0 Å². The Kier molecular flexibility index (Phi) is 16.9. The van der Waals surface area contributed by atoms with Crippen molar-refractivity contribution in [1.82, 2.24) is 40.7 Å². The molecule has 6 fully saturated rings. The van der Waals surface area contributed by atoms with Crippen molar-refractivity contribution in [3.63, 3.8) is 0 Å². The SMILES string of the molecule is CC(C)(C)OC(=O)N1CCC[C@H]1CONC(=O)[C@@H]1CC[C@@H]2CN1C(=O)N2OC(F)(F)C(=O)O.CCOC(=O)C(F)(F)ON1C(=O)N2C[C@H]1CC[C@H]2C(=O)NOC[C@@H]1CCCN1C(=O)OC(C)(C)C. The number of esters is 1. The Morgan fingerprint density at radius 3 is 1.40 bits per heavy atom. The lowest BCUT2D eigenvalue weighted by molar-refractivity contribution is -0.329. The van der Waals surface area contributed by atoms with Crippen LogP contribution in [0.4, 0.5) is 36.7 Å². The van der Waals surface area contributed by atoms with E-state index >= 15 is 0 Å². The number of carbonyl (C=O) groups excluding carboxylic acids is 7. The molecule has 384 valence electrons. The number of fused-ring (bicyclic) bond motifs is 4. The van der Waals surface area contributed by atoms with Crippen molar-refractivity contribution in [2.24, 2.45) is 0 Å². The van der Waals surface area contributed by atoms with Gasteiger partial charge in [-0.15, -0.1) is 0 Å². The summed E-state index contributed by atoms with van der Waals surface area (Å²) in [6, 6.07) is -6.06. The molecule has 0 aromatic heterocycles. The van der Waals surface area contributed by atoms with Crippen LogP contribution in [0, 0.1) is 0 Å². The van der Waals surface area contributed by atoms with E-state index in [0.29, 0.717) is 36.1 Å². The minimum atomic E-state index is -4.57. The van der Waals surface area contributed by atoms with Crippen LogP contribution in [0.3, 0.4) is 0 Å². The van der Waals surface area contributed by atoms with Crippen molar-refractivity contribution in [2.45, 2.75) is 160 Å². The van der Waals surface area contributed by atoms with Crippen LogP contribution in [-0.4, -0.2) is 189 Å². The summed E-state index contributed by atoms with van der Waals surface area (Å²) in [6.07, 6.45) is -6.30. The number of likely N-dealkylation sites (tertiary alicyclic amines) is 2. The van der Waals surface area contributed by atoms with Crippen molar-refractivity contribution in [3.05, 3.63) is 0 Å². The Hall–Kier alpha value is -5.48. The first-order chi connectivity index (χ1) is 31.6. The van der Waals surface area contributed by atoms with E-state index in [2.05, 4.69) is 25.4 Å². The summed E-state index contributed by atoms with van der Waals surface area (Å²) in [5, 5.41) is 9.28. The Labute approximate surface area is 388 Å². The summed E-state index contributed by atoms with van der Waals surface area (Å²) in [5.41, 5.74) is 3.27. The molecule has 24 nitrogen and oxygen atoms in total. The summed E-state index contributed by atoms with van der Waals surface area (Å²) in [7, 11) is 0. The molecule has 0 radical (unpaired) electrons. The first kappa shape index (κ1) is 53.5. The normalized spacial score (nSPS) is 25.0. The largest absolute Gasteiger partial charge is 0.477 e. The average molecular weight is 985 g/mol. The van der Waals surface area contributed by atoms with E-state index in [4.69, 9.17) is 24.3 Å². The number of nitrogens with one attached hydrogen (secondary N) is 2. The zero-order valence-electron chi connectivity index (χ0n) is 38.8. The van der Waals surface area contributed by atoms with Crippen LogP contribution in [0.15, 0.2) is 0 Å². The molecule has 6 aliphatic rings. The Morgan fingerprint density at radius 1 is 0.632 bits per heavy atom. The number of hydroxylamine groups is 6. The number of carboxylic acids is 1. The predicted molar refractivity (Wildman–Crippen MR) is 218 cm³/mol. The topological polar surface area (TPSA) is 265 Å². The van der Waals surface area contributed by atoms with Crippen LogP contribution in [-0.2, 0) is 52.7 Å². The number of alkyl halides is 4. The molecule has 0 aliphatic carbocycles. The molecule has 0 saturated carbocycles. The van der Waals surface area contributed by atoms with E-state index < -0.39 is 95.6 Å². The van der Waals surface area contributed by atoms with E-state index in [-0.39, 0.29) is 70.7 Å². The second kappa shape index (κ2) is 21.4. The fourth-order valence-corrected chi connectivity index (χ4v) is 8.28. The van der Waals surface area contributed by atoms with Crippen LogP contribution < -0.4 is 11.0 Å². The molecule has 6 atom stereocenters. The van der Waals surface area contributed by atoms with E-state index in [1.165, 1.54) is 11.8 Å². The Balaban J connectivity index is 0.000000255. The predicted octanol–water partition coefficient (Wildman–Crippen LogP) is 3.10. The summed E-state index contributed by atoms with van der Waals surface area (Å²) in [4.78, 5) is 121. The van der Waals surface area contributed by atoms with Gasteiger partial charge in [0.25, 0.3) is 11.8 Å². The van der Waals surface area contributed by atoms with Gasteiger partial charge in [0, 0.05) is 26.2 Å². The number of amides is 8. The molecule has 6 aliphatic heterocycles. The maximum atomic E-state index is 14.0. The molecule has 0 spiro atoms. The van der Waals surface area contributed by atoms with Crippen molar-refractivity contribution in [2.75, 3.05) is 46.0 Å². The number of carboxylic acid groups (broad SMARTS) is 1. The highest BCUT2D eigenvalue weighted by molar-refractivity contribution is 5.89. The van der Waals surface area contributed by atoms with E-state index in [1.54, 1.807) is 46.4 Å². The monoisotopic (exact) mass is 984 g/mol. The lowest BCUT2D eigenvalue weighted by atomic mass is 10.0. The van der Waals surface area contributed by atoms with E-state index in [0.717, 1.165) is 22.6 Å². The molecule has 28 heteroatoms. The molecule has 0 aromatic carbocycles. The Morgan fingerprint density at radius 2 is 1.03 bits per heavy atom. The minimum absolute atomic E-state index is 0.00828. The fourth-order valence-electron chi connectivity index (χ4n) is 8.28. The molecule has 6 saturated heterocycles. The fraction of sp³-hybridized carbons (Fsp3) is 0.800. The summed E-state index contributed by atoms with van der Waals surface area (Å²) < 4.78 is 69.8. The quantitative estimate of drug-likeness (QED) is 0.0921. The van der Waals surface area contributed by atoms with Gasteiger partial charge in [0.15, 0.2) is 0 Å². The lowest BCUT2D eigenvalue weighted by Gasteiger charge is -2.30. The number of hydrogen-bond acceptors (Lipinski definition) is 15. The highest BCUT2D eigenvalue weighted by atomic mass is 19.3. The minimum Gasteiger partial charge on any atom is -0.475 e. The number of carbonyl (C=O) groups is 8. The van der Waals surface area contributed by atoms with Gasteiger partial charge < -0.3 is 38.9 Å². The number of nitrogens with zero attached hydrogens (tertiary/aromatic N) is 6. The third-order valence-corrected chi connectivity index (χ3v) is 11.3. The smallest absolute Gasteiger partial charge is 0.475 e. The zero-order chi connectivity index (χ0) is 50.5. The lowest BCUT2D eigenvalue weighted by Crippen LogP contribution is -2.50. The number of aliphatic carboxylic acids is 1. The number of rotatable bonds is 15. The molecule has 0 aromatic rings. The van der Waals surface area contributed by atoms with Gasteiger partial charge >= 0.3 is 48.4 Å². The average Bonchev–Trinajstić information content (AvgIpc) is 4.01. The summed E-state index contributed by atoms with van der Waals surface area (Å²) in [6.45, 7) is 12.6. The number of urea groups is 2. The molecule has 8 amide bonds. The number of ether oxygens (including phenoxy) is 3. The second-order valence-electron chi connectivity index (χ2n) is 18.8.